The molecule has 0 aliphatic carbocycles. The monoisotopic (exact) mass is 194 g/mol. The molecular weight excluding hydrogens is 180 g/mol. The van der Waals surface area contributed by atoms with Gasteiger partial charge in [0.05, 0.1) is 6.61 Å². The van der Waals surface area contributed by atoms with Crippen LogP contribution in [0.1, 0.15) is 5.56 Å². The Bertz CT molecular complexity index is 295. The Morgan fingerprint density at radius 3 is 2.43 bits per heavy atom. The van der Waals surface area contributed by atoms with Crippen molar-refractivity contribution in [3.8, 4) is 5.75 Å². The van der Waals surface area contributed by atoms with Crippen LogP contribution in [0.2, 0.25) is 0 Å². The van der Waals surface area contributed by atoms with Crippen LogP contribution < -0.4 is 10.5 Å². The molecule has 4 nitrogen and oxygen atoms in total. The van der Waals surface area contributed by atoms with Gasteiger partial charge in [0.1, 0.15) is 18.2 Å². The summed E-state index contributed by atoms with van der Waals surface area (Å²) in [6, 6.07) is 7.08. The van der Waals surface area contributed by atoms with E-state index in [4.69, 9.17) is 20.6 Å². The van der Waals surface area contributed by atoms with Gasteiger partial charge in [0.25, 0.3) is 0 Å². The van der Waals surface area contributed by atoms with Crippen LogP contribution in [0.25, 0.3) is 0 Å². The van der Waals surface area contributed by atoms with E-state index in [-0.39, 0.29) is 5.84 Å². The van der Waals surface area contributed by atoms with E-state index in [1.807, 2.05) is 0 Å². The first-order chi connectivity index (χ1) is 6.74. The van der Waals surface area contributed by atoms with Crippen molar-refractivity contribution in [3.63, 3.8) is 0 Å². The lowest BCUT2D eigenvalue weighted by molar-refractivity contribution is 0.146. The molecule has 0 unspecified atom stereocenters. The van der Waals surface area contributed by atoms with Gasteiger partial charge in [-0.2, -0.15) is 0 Å². The number of nitrogens with one attached hydrogen (secondary N) is 1. The number of ether oxygens (including phenoxy) is 2. The maximum absolute atomic E-state index is 7.19. The number of hydrogen-bond acceptors (Lipinski definition) is 3. The zero-order valence-electron chi connectivity index (χ0n) is 8.12. The lowest BCUT2D eigenvalue weighted by Crippen LogP contribution is -2.10. The highest BCUT2D eigenvalue weighted by Crippen LogP contribution is 2.11. The van der Waals surface area contributed by atoms with Crippen LogP contribution in [0.3, 0.4) is 0 Å². The lowest BCUT2D eigenvalue weighted by Gasteiger charge is -2.05. The summed E-state index contributed by atoms with van der Waals surface area (Å²) in [5.74, 6) is 0.820. The van der Waals surface area contributed by atoms with Crippen molar-refractivity contribution in [1.82, 2.24) is 0 Å². The number of nitrogen functional groups attached to an aromatic ring is 1. The molecule has 0 heterocycles. The highest BCUT2D eigenvalue weighted by molar-refractivity contribution is 5.94. The smallest absolute Gasteiger partial charge is 0.122 e. The van der Waals surface area contributed by atoms with Crippen LogP contribution >= 0.6 is 0 Å². The van der Waals surface area contributed by atoms with Gasteiger partial charge in [-0.15, -0.1) is 0 Å². The number of nitrogens with two attached hydrogens (primary N) is 1. The molecule has 3 N–H and O–H groups in total. The fourth-order valence-corrected chi connectivity index (χ4v) is 0.974. The summed E-state index contributed by atoms with van der Waals surface area (Å²) in [6.07, 6.45) is 0. The molecule has 14 heavy (non-hydrogen) atoms. The number of hydrogen-bond donors (Lipinski definition) is 2. The summed E-state index contributed by atoms with van der Waals surface area (Å²) in [7, 11) is 1.63. The van der Waals surface area contributed by atoms with Crippen LogP contribution in [0.4, 0.5) is 0 Å². The molecule has 0 saturated carbocycles. The molecule has 4 heteroatoms. The molecule has 0 spiro atoms. The minimum Gasteiger partial charge on any atom is -0.491 e. The van der Waals surface area contributed by atoms with Gasteiger partial charge in [0.15, 0.2) is 0 Å². The molecule has 0 fully saturated rings. The van der Waals surface area contributed by atoms with E-state index in [2.05, 4.69) is 0 Å². The predicted octanol–water partition coefficient (Wildman–Crippen LogP) is 0.996. The van der Waals surface area contributed by atoms with E-state index in [1.54, 1.807) is 31.4 Å². The summed E-state index contributed by atoms with van der Waals surface area (Å²) in [5, 5.41) is 7.19. The topological polar surface area (TPSA) is 68.3 Å². The maximum Gasteiger partial charge on any atom is 0.122 e. The maximum atomic E-state index is 7.19. The van der Waals surface area contributed by atoms with Gasteiger partial charge in [0.2, 0.25) is 0 Å². The summed E-state index contributed by atoms with van der Waals surface area (Å²) in [5.41, 5.74) is 6.01. The first-order valence-corrected chi connectivity index (χ1v) is 4.30. The zero-order valence-corrected chi connectivity index (χ0v) is 8.12. The van der Waals surface area contributed by atoms with Gasteiger partial charge in [0, 0.05) is 12.7 Å². The second-order valence-corrected chi connectivity index (χ2v) is 2.78. The highest BCUT2D eigenvalue weighted by atomic mass is 16.5. The van der Waals surface area contributed by atoms with Crippen molar-refractivity contribution < 1.29 is 9.47 Å². The Hall–Kier alpha value is -1.55. The average Bonchev–Trinajstić information content (AvgIpc) is 2.19. The van der Waals surface area contributed by atoms with Crippen LogP contribution in [0.5, 0.6) is 5.75 Å². The third-order valence-electron chi connectivity index (χ3n) is 1.72. The van der Waals surface area contributed by atoms with E-state index in [1.165, 1.54) is 0 Å². The first kappa shape index (κ1) is 10.5. The fraction of sp³-hybridized carbons (Fsp3) is 0.300. The Labute approximate surface area is 83.1 Å². The van der Waals surface area contributed by atoms with E-state index in [9.17, 15) is 0 Å². The molecular formula is C10H14N2O2. The normalized spacial score (nSPS) is 9.79. The highest BCUT2D eigenvalue weighted by Gasteiger charge is 1.96. The van der Waals surface area contributed by atoms with Crippen molar-refractivity contribution in [2.24, 2.45) is 5.73 Å². The molecule has 76 valence electrons. The summed E-state index contributed by atoms with van der Waals surface area (Å²) in [4.78, 5) is 0. The molecule has 0 amide bonds. The average molecular weight is 194 g/mol. The van der Waals surface area contributed by atoms with Crippen molar-refractivity contribution in [2.45, 2.75) is 0 Å². The summed E-state index contributed by atoms with van der Waals surface area (Å²) in [6.45, 7) is 1.09. The SMILES string of the molecule is COCCOc1ccc(C(=N)N)cc1. The third-order valence-corrected chi connectivity index (χ3v) is 1.72. The number of amidine groups is 1. The Morgan fingerprint density at radius 1 is 1.29 bits per heavy atom. The van der Waals surface area contributed by atoms with Crippen molar-refractivity contribution >= 4 is 5.84 Å². The van der Waals surface area contributed by atoms with Gasteiger partial charge in [-0.05, 0) is 24.3 Å². The van der Waals surface area contributed by atoms with E-state index < -0.39 is 0 Å². The minimum absolute atomic E-state index is 0.0634. The standard InChI is InChI=1S/C10H14N2O2/c1-13-6-7-14-9-4-2-8(3-5-9)10(11)12/h2-5H,6-7H2,1H3,(H3,11,12). The molecule has 1 rings (SSSR count). The molecule has 0 bridgehead atoms. The molecule has 0 aliphatic heterocycles. The molecule has 0 radical (unpaired) electrons. The summed E-state index contributed by atoms with van der Waals surface area (Å²) < 4.78 is 10.2. The number of benzene rings is 1. The lowest BCUT2D eigenvalue weighted by atomic mass is 10.2. The molecule has 0 saturated heterocycles. The number of rotatable bonds is 5. The predicted molar refractivity (Wildman–Crippen MR) is 54.8 cm³/mol. The zero-order chi connectivity index (χ0) is 10.4. The van der Waals surface area contributed by atoms with E-state index in [0.717, 1.165) is 5.75 Å². The second kappa shape index (κ2) is 5.24. The van der Waals surface area contributed by atoms with Crippen molar-refractivity contribution in [3.05, 3.63) is 29.8 Å². The van der Waals surface area contributed by atoms with Gasteiger partial charge >= 0.3 is 0 Å². The Balaban J connectivity index is 2.51. The van der Waals surface area contributed by atoms with Crippen LogP contribution in [0, 0.1) is 5.41 Å². The Morgan fingerprint density at radius 2 is 1.93 bits per heavy atom. The van der Waals surface area contributed by atoms with Gasteiger partial charge in [-0.25, -0.2) is 0 Å². The molecule has 1 aromatic rings. The van der Waals surface area contributed by atoms with E-state index in [0.29, 0.717) is 18.8 Å². The summed E-state index contributed by atoms with van der Waals surface area (Å²) >= 11 is 0. The van der Waals surface area contributed by atoms with Crippen LogP contribution in [0.15, 0.2) is 24.3 Å². The van der Waals surface area contributed by atoms with Crippen molar-refractivity contribution in [2.75, 3.05) is 20.3 Å². The molecule has 0 aliphatic rings. The van der Waals surface area contributed by atoms with Crippen LogP contribution in [-0.2, 0) is 4.74 Å². The van der Waals surface area contributed by atoms with Gasteiger partial charge in [-0.1, -0.05) is 0 Å². The first-order valence-electron chi connectivity index (χ1n) is 4.30. The van der Waals surface area contributed by atoms with E-state index >= 15 is 0 Å². The third kappa shape index (κ3) is 3.06. The molecule has 1 aromatic carbocycles. The van der Waals surface area contributed by atoms with Crippen LogP contribution in [-0.4, -0.2) is 26.2 Å². The number of methoxy groups -OCH3 is 1. The fourth-order valence-electron chi connectivity index (χ4n) is 0.974. The second-order valence-electron chi connectivity index (χ2n) is 2.78. The van der Waals surface area contributed by atoms with Gasteiger partial charge < -0.3 is 15.2 Å². The Kier molecular flexibility index (Phi) is 3.94. The quantitative estimate of drug-likeness (QED) is 0.417. The van der Waals surface area contributed by atoms with Gasteiger partial charge in [-0.3, -0.25) is 5.41 Å². The molecule has 0 atom stereocenters. The minimum atomic E-state index is 0.0634. The van der Waals surface area contributed by atoms with Crippen molar-refractivity contribution in [1.29, 1.82) is 5.41 Å². The largest absolute Gasteiger partial charge is 0.491 e. The molecule has 0 aromatic heterocycles.